The van der Waals surface area contributed by atoms with Gasteiger partial charge >= 0.3 is 0 Å². The molecule has 0 atom stereocenters. The van der Waals surface area contributed by atoms with Crippen molar-refractivity contribution in [2.24, 2.45) is 0 Å². The zero-order valence-corrected chi connectivity index (χ0v) is 27.7. The van der Waals surface area contributed by atoms with Gasteiger partial charge in [0, 0.05) is 72.4 Å². The van der Waals surface area contributed by atoms with E-state index in [1.807, 2.05) is 30.3 Å². The number of nitrogens with zero attached hydrogens (tertiary/aromatic N) is 3. The first kappa shape index (κ1) is 28.7. The Bertz CT molecular complexity index is 3160. The SMILES string of the molecule is c1ccc(-c2nc3ccccc3c3c2ccc2c4cccc(-c5ccc(-c6cccc7c6oc6ccc(-c8ncccn8)cc67)cc5)c4oc23)cc1. The number of hydrogen-bond donors (Lipinski definition) is 0. The summed E-state index contributed by atoms with van der Waals surface area (Å²) in [6.07, 6.45) is 3.53. The van der Waals surface area contributed by atoms with Crippen LogP contribution in [0.1, 0.15) is 0 Å². The molecule has 5 heteroatoms. The van der Waals surface area contributed by atoms with Crippen LogP contribution < -0.4 is 0 Å². The molecule has 0 amide bonds. The summed E-state index contributed by atoms with van der Waals surface area (Å²) in [6, 6.07) is 52.5. The Kier molecular flexibility index (Phi) is 6.18. The zero-order chi connectivity index (χ0) is 34.2. The van der Waals surface area contributed by atoms with Gasteiger partial charge in [0.15, 0.2) is 5.82 Å². The fourth-order valence-electron chi connectivity index (χ4n) is 7.78. The molecule has 0 spiro atoms. The van der Waals surface area contributed by atoms with E-state index < -0.39 is 0 Å². The van der Waals surface area contributed by atoms with Gasteiger partial charge in [0.05, 0.1) is 11.2 Å². The number of fused-ring (bicyclic) bond motifs is 10. The summed E-state index contributed by atoms with van der Waals surface area (Å²) in [6.45, 7) is 0. The molecule has 4 heterocycles. The summed E-state index contributed by atoms with van der Waals surface area (Å²) in [5.74, 6) is 0.695. The molecule has 0 aliphatic rings. The number of hydrogen-bond acceptors (Lipinski definition) is 5. The highest BCUT2D eigenvalue weighted by atomic mass is 16.3. The van der Waals surface area contributed by atoms with Gasteiger partial charge in [0.25, 0.3) is 0 Å². The highest BCUT2D eigenvalue weighted by Crippen LogP contribution is 2.43. The predicted molar refractivity (Wildman–Crippen MR) is 211 cm³/mol. The molecule has 0 unspecified atom stereocenters. The number of rotatable bonds is 4. The van der Waals surface area contributed by atoms with Gasteiger partial charge in [-0.05, 0) is 47.5 Å². The van der Waals surface area contributed by atoms with Crippen molar-refractivity contribution >= 4 is 65.6 Å². The third-order valence-corrected chi connectivity index (χ3v) is 10.2. The lowest BCUT2D eigenvalue weighted by molar-refractivity contribution is 0.670. The molecule has 4 aromatic heterocycles. The van der Waals surface area contributed by atoms with Crippen LogP contribution in [0.4, 0.5) is 0 Å². The second kappa shape index (κ2) is 11.2. The molecule has 0 radical (unpaired) electrons. The van der Waals surface area contributed by atoms with Crippen LogP contribution in [0.25, 0.3) is 110 Å². The van der Waals surface area contributed by atoms with Gasteiger partial charge in [0.2, 0.25) is 0 Å². The Labute approximate surface area is 297 Å². The monoisotopic (exact) mass is 665 g/mol. The number of pyridine rings is 1. The molecule has 0 bridgehead atoms. The van der Waals surface area contributed by atoms with Crippen molar-refractivity contribution in [1.29, 1.82) is 0 Å². The van der Waals surface area contributed by atoms with E-state index in [1.54, 1.807) is 12.4 Å². The van der Waals surface area contributed by atoms with E-state index in [4.69, 9.17) is 13.8 Å². The van der Waals surface area contributed by atoms with Crippen LogP contribution in [0.5, 0.6) is 0 Å². The quantitative estimate of drug-likeness (QED) is 0.175. The van der Waals surface area contributed by atoms with Crippen LogP contribution in [0, 0.1) is 0 Å². The second-order valence-electron chi connectivity index (χ2n) is 13.1. The van der Waals surface area contributed by atoms with Gasteiger partial charge in [-0.25, -0.2) is 15.0 Å². The van der Waals surface area contributed by atoms with Crippen LogP contribution in [-0.2, 0) is 0 Å². The summed E-state index contributed by atoms with van der Waals surface area (Å²) in [5.41, 5.74) is 11.6. The van der Waals surface area contributed by atoms with Crippen molar-refractivity contribution in [1.82, 2.24) is 15.0 Å². The molecule has 0 saturated carbocycles. The van der Waals surface area contributed by atoms with Crippen molar-refractivity contribution < 1.29 is 8.83 Å². The van der Waals surface area contributed by atoms with E-state index in [9.17, 15) is 0 Å². The van der Waals surface area contributed by atoms with E-state index in [1.165, 1.54) is 0 Å². The lowest BCUT2D eigenvalue weighted by atomic mass is 9.96. The third-order valence-electron chi connectivity index (χ3n) is 10.2. The highest BCUT2D eigenvalue weighted by Gasteiger charge is 2.19. The van der Waals surface area contributed by atoms with Crippen LogP contribution in [-0.4, -0.2) is 15.0 Å². The predicted octanol–water partition coefficient (Wildman–Crippen LogP) is 12.6. The largest absolute Gasteiger partial charge is 0.455 e. The van der Waals surface area contributed by atoms with Crippen LogP contribution in [0.2, 0.25) is 0 Å². The average Bonchev–Trinajstić information content (AvgIpc) is 3.79. The number of aromatic nitrogens is 3. The summed E-state index contributed by atoms with van der Waals surface area (Å²) in [7, 11) is 0. The van der Waals surface area contributed by atoms with Gasteiger partial charge < -0.3 is 8.83 Å². The van der Waals surface area contributed by atoms with Gasteiger partial charge in [-0.1, -0.05) is 115 Å². The Balaban J connectivity index is 1.05. The summed E-state index contributed by atoms with van der Waals surface area (Å²) in [5, 5.41) is 7.53. The zero-order valence-electron chi connectivity index (χ0n) is 27.7. The van der Waals surface area contributed by atoms with E-state index in [0.717, 1.165) is 105 Å². The van der Waals surface area contributed by atoms with E-state index in [-0.39, 0.29) is 0 Å². The summed E-state index contributed by atoms with van der Waals surface area (Å²) >= 11 is 0. The van der Waals surface area contributed by atoms with E-state index >= 15 is 0 Å². The van der Waals surface area contributed by atoms with Crippen LogP contribution >= 0.6 is 0 Å². The Morgan fingerprint density at radius 2 is 1.00 bits per heavy atom. The first-order chi connectivity index (χ1) is 25.8. The van der Waals surface area contributed by atoms with Crippen molar-refractivity contribution in [2.75, 3.05) is 0 Å². The van der Waals surface area contributed by atoms with Crippen LogP contribution in [0.3, 0.4) is 0 Å². The topological polar surface area (TPSA) is 65.0 Å². The summed E-state index contributed by atoms with van der Waals surface area (Å²) < 4.78 is 13.4. The molecular formula is C47H27N3O2. The minimum absolute atomic E-state index is 0.695. The highest BCUT2D eigenvalue weighted by molar-refractivity contribution is 6.25. The number of para-hydroxylation sites is 3. The number of furan rings is 2. The molecule has 0 aliphatic heterocycles. The second-order valence-corrected chi connectivity index (χ2v) is 13.1. The maximum atomic E-state index is 6.95. The molecule has 11 aromatic rings. The fourth-order valence-corrected chi connectivity index (χ4v) is 7.78. The minimum atomic E-state index is 0.695. The van der Waals surface area contributed by atoms with Gasteiger partial charge in [0.1, 0.15) is 22.3 Å². The fraction of sp³-hybridized carbons (Fsp3) is 0. The molecule has 5 nitrogen and oxygen atoms in total. The first-order valence-corrected chi connectivity index (χ1v) is 17.3. The van der Waals surface area contributed by atoms with Crippen molar-refractivity contribution in [3.63, 3.8) is 0 Å². The smallest absolute Gasteiger partial charge is 0.159 e. The maximum Gasteiger partial charge on any atom is 0.159 e. The van der Waals surface area contributed by atoms with E-state index in [2.05, 4.69) is 131 Å². The Morgan fingerprint density at radius 3 is 1.77 bits per heavy atom. The molecule has 0 fully saturated rings. The normalized spacial score (nSPS) is 11.8. The number of benzene rings is 7. The molecule has 52 heavy (non-hydrogen) atoms. The average molecular weight is 666 g/mol. The standard InChI is InChI=1S/C47H27N3O2/c1-2-9-30(10-3-1)43-38-23-22-36-34-14-6-13-33(45(34)52-46(36)42(38)37-11-4-5-16-40(37)50-43)29-19-17-28(18-20-29)32-12-7-15-35-39-27-31(47-48-25-8-26-49-47)21-24-41(39)51-44(32)35/h1-27H. The Morgan fingerprint density at radius 1 is 0.385 bits per heavy atom. The summed E-state index contributed by atoms with van der Waals surface area (Å²) in [4.78, 5) is 14.0. The minimum Gasteiger partial charge on any atom is -0.455 e. The molecule has 0 saturated heterocycles. The van der Waals surface area contributed by atoms with Crippen LogP contribution in [0.15, 0.2) is 173 Å². The van der Waals surface area contributed by atoms with Gasteiger partial charge in [-0.15, -0.1) is 0 Å². The van der Waals surface area contributed by atoms with Crippen molar-refractivity contribution in [3.05, 3.63) is 164 Å². The van der Waals surface area contributed by atoms with Crippen molar-refractivity contribution in [2.45, 2.75) is 0 Å². The molecular weight excluding hydrogens is 639 g/mol. The lowest BCUT2D eigenvalue weighted by Crippen LogP contribution is -1.89. The first-order valence-electron chi connectivity index (χ1n) is 17.3. The molecule has 0 N–H and O–H groups in total. The lowest BCUT2D eigenvalue weighted by Gasteiger charge is -2.10. The Hall–Kier alpha value is -7.11. The van der Waals surface area contributed by atoms with Crippen molar-refractivity contribution in [3.8, 4) is 44.9 Å². The molecule has 242 valence electrons. The molecule has 0 aliphatic carbocycles. The maximum absolute atomic E-state index is 6.95. The van der Waals surface area contributed by atoms with Gasteiger partial charge in [-0.2, -0.15) is 0 Å². The third kappa shape index (κ3) is 4.33. The molecule has 7 aromatic carbocycles. The molecule has 11 rings (SSSR count). The van der Waals surface area contributed by atoms with Gasteiger partial charge in [-0.3, -0.25) is 0 Å². The van der Waals surface area contributed by atoms with E-state index in [0.29, 0.717) is 5.82 Å².